The Balaban J connectivity index is 0.000000948. The summed E-state index contributed by atoms with van der Waals surface area (Å²) in [5, 5.41) is 0. The van der Waals surface area contributed by atoms with Crippen molar-refractivity contribution in [2.75, 3.05) is 0 Å². The molecule has 4 aromatic heterocycles. The van der Waals surface area contributed by atoms with Gasteiger partial charge < -0.3 is 0 Å². The van der Waals surface area contributed by atoms with Gasteiger partial charge in [-0.25, -0.2) is 4.98 Å². The number of hydrogen-bond donors (Lipinski definition) is 0. The van der Waals surface area contributed by atoms with Crippen LogP contribution in [0.25, 0.3) is 33.2 Å². The van der Waals surface area contributed by atoms with Crippen molar-refractivity contribution in [3.05, 3.63) is 76.8 Å². The average Bonchev–Trinajstić information content (AvgIpc) is 3.17. The minimum Gasteiger partial charge on any atom is -0.255 e. The summed E-state index contributed by atoms with van der Waals surface area (Å²) in [6, 6.07) is 20.0. The number of rotatable bonds is 3. The SMILES string of the molecule is Brc1ccc(-c2cc(-c3ccccn3)nc(-c3ccccn3)c2)s1.CC. The molecule has 3 nitrogen and oxygen atoms in total. The second kappa shape index (κ2) is 8.83. The summed E-state index contributed by atoms with van der Waals surface area (Å²) >= 11 is 5.23. The molecule has 0 saturated heterocycles. The summed E-state index contributed by atoms with van der Waals surface area (Å²) in [7, 11) is 0. The molecule has 0 saturated carbocycles. The summed E-state index contributed by atoms with van der Waals surface area (Å²) in [5.41, 5.74) is 4.51. The largest absolute Gasteiger partial charge is 0.255 e. The molecule has 0 aromatic carbocycles. The second-order valence-corrected chi connectivity index (χ2v) is 7.62. The van der Waals surface area contributed by atoms with Crippen molar-refractivity contribution in [2.24, 2.45) is 0 Å². The lowest BCUT2D eigenvalue weighted by atomic mass is 10.1. The number of pyridine rings is 3. The lowest BCUT2D eigenvalue weighted by Gasteiger charge is -2.08. The third-order valence-electron chi connectivity index (χ3n) is 3.54. The fourth-order valence-corrected chi connectivity index (χ4v) is 3.81. The number of thiophene rings is 1. The maximum atomic E-state index is 4.77. The Labute approximate surface area is 166 Å². The highest BCUT2D eigenvalue weighted by Gasteiger charge is 2.11. The summed E-state index contributed by atoms with van der Waals surface area (Å²) in [6.07, 6.45) is 3.57. The zero-order valence-corrected chi connectivity index (χ0v) is 17.0. The molecule has 0 bridgehead atoms. The summed E-state index contributed by atoms with van der Waals surface area (Å²) in [5.74, 6) is 0. The van der Waals surface area contributed by atoms with Crippen molar-refractivity contribution in [1.82, 2.24) is 15.0 Å². The number of halogens is 1. The Morgan fingerprint density at radius 2 is 1.31 bits per heavy atom. The number of nitrogens with zero attached hydrogens (tertiary/aromatic N) is 3. The van der Waals surface area contributed by atoms with Crippen molar-refractivity contribution in [3.63, 3.8) is 0 Å². The lowest BCUT2D eigenvalue weighted by Crippen LogP contribution is -1.93. The Morgan fingerprint density at radius 1 is 0.731 bits per heavy atom. The smallest absolute Gasteiger partial charge is 0.0900 e. The molecule has 0 aliphatic carbocycles. The Bertz CT molecular complexity index is 911. The van der Waals surface area contributed by atoms with E-state index >= 15 is 0 Å². The molecule has 0 fully saturated rings. The topological polar surface area (TPSA) is 38.7 Å². The lowest BCUT2D eigenvalue weighted by molar-refractivity contribution is 1.22. The molecule has 0 aliphatic heterocycles. The summed E-state index contributed by atoms with van der Waals surface area (Å²) in [4.78, 5) is 14.8. The van der Waals surface area contributed by atoms with Crippen molar-refractivity contribution in [3.8, 4) is 33.2 Å². The third-order valence-corrected chi connectivity index (χ3v) is 5.21. The molecule has 0 spiro atoms. The van der Waals surface area contributed by atoms with Gasteiger partial charge in [0.05, 0.1) is 26.6 Å². The molecule has 0 atom stereocenters. The van der Waals surface area contributed by atoms with E-state index in [9.17, 15) is 0 Å². The molecular formula is C21H18BrN3S. The third kappa shape index (κ3) is 4.23. The Hall–Kier alpha value is -2.37. The van der Waals surface area contributed by atoms with Crippen LogP contribution >= 0.6 is 27.3 Å². The first-order chi connectivity index (χ1) is 12.8. The fraction of sp³-hybridized carbons (Fsp3) is 0.0952. The van der Waals surface area contributed by atoms with E-state index < -0.39 is 0 Å². The van der Waals surface area contributed by atoms with Crippen LogP contribution in [0.3, 0.4) is 0 Å². The van der Waals surface area contributed by atoms with E-state index in [0.29, 0.717) is 0 Å². The van der Waals surface area contributed by atoms with Crippen LogP contribution in [-0.2, 0) is 0 Å². The van der Waals surface area contributed by atoms with Crippen LogP contribution in [0.1, 0.15) is 13.8 Å². The van der Waals surface area contributed by atoms with Crippen molar-refractivity contribution in [2.45, 2.75) is 13.8 Å². The number of hydrogen-bond acceptors (Lipinski definition) is 4. The van der Waals surface area contributed by atoms with Crippen molar-refractivity contribution < 1.29 is 0 Å². The summed E-state index contributed by atoms with van der Waals surface area (Å²) in [6.45, 7) is 4.00. The quantitative estimate of drug-likeness (QED) is 0.366. The average molecular weight is 424 g/mol. The first kappa shape index (κ1) is 18.4. The maximum Gasteiger partial charge on any atom is 0.0900 e. The monoisotopic (exact) mass is 423 g/mol. The van der Waals surface area contributed by atoms with Gasteiger partial charge in [-0.15, -0.1) is 11.3 Å². The predicted molar refractivity (Wildman–Crippen MR) is 113 cm³/mol. The standard InChI is InChI=1S/C19H12BrN3S.C2H6/c20-19-8-7-18(24-19)13-11-16(14-5-1-3-9-21-14)23-17(12-13)15-6-2-4-10-22-15;1-2/h1-12H;1-2H3. The second-order valence-electron chi connectivity index (χ2n) is 5.16. The molecule has 4 rings (SSSR count). The zero-order chi connectivity index (χ0) is 18.4. The highest BCUT2D eigenvalue weighted by Crippen LogP contribution is 2.34. The van der Waals surface area contributed by atoms with Crippen LogP contribution in [0, 0.1) is 0 Å². The molecule has 0 N–H and O–H groups in total. The van der Waals surface area contributed by atoms with Gasteiger partial charge in [0.15, 0.2) is 0 Å². The van der Waals surface area contributed by atoms with Crippen LogP contribution in [0.5, 0.6) is 0 Å². The number of aromatic nitrogens is 3. The van der Waals surface area contributed by atoms with Crippen molar-refractivity contribution >= 4 is 27.3 Å². The van der Waals surface area contributed by atoms with Gasteiger partial charge in [-0.3, -0.25) is 9.97 Å². The minimum atomic E-state index is 0.846. The summed E-state index contributed by atoms with van der Waals surface area (Å²) < 4.78 is 1.10. The zero-order valence-electron chi connectivity index (χ0n) is 14.6. The van der Waals surface area contributed by atoms with Crippen LogP contribution in [0.4, 0.5) is 0 Å². The first-order valence-corrected chi connectivity index (χ1v) is 10.0. The Morgan fingerprint density at radius 3 is 1.73 bits per heavy atom. The van der Waals surface area contributed by atoms with Gasteiger partial charge in [-0.1, -0.05) is 26.0 Å². The van der Waals surface area contributed by atoms with Crippen LogP contribution in [0.2, 0.25) is 0 Å². The molecule has 4 aromatic rings. The fourth-order valence-electron chi connectivity index (χ4n) is 2.43. The molecule has 0 radical (unpaired) electrons. The first-order valence-electron chi connectivity index (χ1n) is 8.40. The molecule has 4 heterocycles. The molecule has 26 heavy (non-hydrogen) atoms. The van der Waals surface area contributed by atoms with Gasteiger partial charge in [0, 0.05) is 17.3 Å². The van der Waals surface area contributed by atoms with E-state index in [4.69, 9.17) is 4.98 Å². The maximum absolute atomic E-state index is 4.77. The highest BCUT2D eigenvalue weighted by atomic mass is 79.9. The van der Waals surface area contributed by atoms with Crippen LogP contribution in [-0.4, -0.2) is 15.0 Å². The molecule has 5 heteroatoms. The minimum absolute atomic E-state index is 0.846. The van der Waals surface area contributed by atoms with Gasteiger partial charge in [0.25, 0.3) is 0 Å². The van der Waals surface area contributed by atoms with Gasteiger partial charge in [0.2, 0.25) is 0 Å². The molecule has 0 unspecified atom stereocenters. The van der Waals surface area contributed by atoms with Crippen molar-refractivity contribution in [1.29, 1.82) is 0 Å². The van der Waals surface area contributed by atoms with E-state index in [-0.39, 0.29) is 0 Å². The van der Waals surface area contributed by atoms with Crippen LogP contribution < -0.4 is 0 Å². The molecule has 0 aliphatic rings. The van der Waals surface area contributed by atoms with E-state index in [1.165, 1.54) is 4.88 Å². The van der Waals surface area contributed by atoms with Crippen LogP contribution in [0.15, 0.2) is 76.8 Å². The van der Waals surface area contributed by atoms with Gasteiger partial charge in [-0.05, 0) is 70.0 Å². The Kier molecular flexibility index (Phi) is 6.26. The molecular weight excluding hydrogens is 406 g/mol. The van der Waals surface area contributed by atoms with E-state index in [1.54, 1.807) is 23.7 Å². The van der Waals surface area contributed by atoms with Gasteiger partial charge in [-0.2, -0.15) is 0 Å². The van der Waals surface area contributed by atoms with E-state index in [0.717, 1.165) is 32.1 Å². The predicted octanol–water partition coefficient (Wildman–Crippen LogP) is 6.72. The van der Waals surface area contributed by atoms with E-state index in [1.807, 2.05) is 50.2 Å². The molecule has 130 valence electrons. The highest BCUT2D eigenvalue weighted by molar-refractivity contribution is 9.11. The van der Waals surface area contributed by atoms with Gasteiger partial charge in [0.1, 0.15) is 0 Å². The molecule has 0 amide bonds. The van der Waals surface area contributed by atoms with Gasteiger partial charge >= 0.3 is 0 Å². The van der Waals surface area contributed by atoms with E-state index in [2.05, 4.69) is 50.2 Å². The normalized spacial score (nSPS) is 10.1.